The molecule has 1 aromatic carbocycles. The lowest BCUT2D eigenvalue weighted by Crippen LogP contribution is -2.30. The SMILES string of the molecule is Cc1cc(F)c(COc2nsc(NC(=O)NCCc3cnc[nH]3)c2C(=O)O)cc1F. The second-order valence-corrected chi connectivity index (χ2v) is 6.96. The molecule has 0 aliphatic carbocycles. The fraction of sp³-hybridized carbons (Fsp3) is 0.222. The summed E-state index contributed by atoms with van der Waals surface area (Å²) in [5.74, 6) is -2.99. The number of anilines is 1. The molecule has 0 bridgehead atoms. The molecule has 4 N–H and O–H groups in total. The van der Waals surface area contributed by atoms with Gasteiger partial charge < -0.3 is 20.1 Å². The number of aryl methyl sites for hydroxylation is 1. The van der Waals surface area contributed by atoms with Crippen LogP contribution in [0.3, 0.4) is 0 Å². The highest BCUT2D eigenvalue weighted by Crippen LogP contribution is 2.31. The van der Waals surface area contributed by atoms with Crippen molar-refractivity contribution >= 4 is 28.5 Å². The summed E-state index contributed by atoms with van der Waals surface area (Å²) in [6.07, 6.45) is 3.65. The Morgan fingerprint density at radius 1 is 1.30 bits per heavy atom. The third-order valence-corrected chi connectivity index (χ3v) is 4.77. The molecule has 30 heavy (non-hydrogen) atoms. The average Bonchev–Trinajstić information content (AvgIpc) is 3.33. The third-order valence-electron chi connectivity index (χ3n) is 4.03. The average molecular weight is 437 g/mol. The van der Waals surface area contributed by atoms with E-state index in [1.165, 1.54) is 13.3 Å². The largest absolute Gasteiger partial charge is 0.477 e. The number of carboxylic acid groups (broad SMARTS) is 1. The normalized spacial score (nSPS) is 10.6. The van der Waals surface area contributed by atoms with Crippen LogP contribution in [0.1, 0.15) is 27.2 Å². The maximum atomic E-state index is 13.9. The standard InChI is InChI=1S/C18H17F2N5O4S/c1-9-4-13(20)10(5-12(9)19)7-29-15-14(17(26)27)16(30-25-15)24-18(28)22-3-2-11-6-21-8-23-11/h4-6,8H,2-3,7H2,1H3,(H,21,23)(H,26,27)(H2,22,24,28). The number of hydrogen-bond acceptors (Lipinski definition) is 6. The van der Waals surface area contributed by atoms with E-state index in [-0.39, 0.29) is 34.1 Å². The van der Waals surface area contributed by atoms with Gasteiger partial charge in [-0.3, -0.25) is 5.32 Å². The summed E-state index contributed by atoms with van der Waals surface area (Å²) in [5, 5.41) is 14.4. The van der Waals surface area contributed by atoms with E-state index in [9.17, 15) is 23.5 Å². The van der Waals surface area contributed by atoms with Crippen LogP contribution in [-0.2, 0) is 13.0 Å². The van der Waals surface area contributed by atoms with E-state index in [1.54, 1.807) is 6.20 Å². The number of carbonyl (C=O) groups excluding carboxylic acids is 1. The molecule has 3 aromatic rings. The van der Waals surface area contributed by atoms with Gasteiger partial charge in [-0.2, -0.15) is 4.37 Å². The molecule has 0 radical (unpaired) electrons. The van der Waals surface area contributed by atoms with E-state index in [0.29, 0.717) is 18.0 Å². The predicted molar refractivity (Wildman–Crippen MR) is 104 cm³/mol. The number of carbonyl (C=O) groups is 2. The van der Waals surface area contributed by atoms with Gasteiger partial charge in [-0.25, -0.2) is 23.4 Å². The van der Waals surface area contributed by atoms with Gasteiger partial charge in [0, 0.05) is 30.4 Å². The number of imidazole rings is 1. The van der Waals surface area contributed by atoms with Crippen molar-refractivity contribution in [3.8, 4) is 5.88 Å². The molecule has 0 saturated carbocycles. The summed E-state index contributed by atoms with van der Waals surface area (Å²) in [6.45, 7) is 1.28. The zero-order valence-corrected chi connectivity index (χ0v) is 16.5. The lowest BCUT2D eigenvalue weighted by atomic mass is 10.1. The number of aromatic carboxylic acids is 1. The van der Waals surface area contributed by atoms with E-state index in [4.69, 9.17) is 4.74 Å². The molecule has 158 valence electrons. The number of halogens is 2. The van der Waals surface area contributed by atoms with Gasteiger partial charge in [-0.15, -0.1) is 0 Å². The van der Waals surface area contributed by atoms with Crippen LogP contribution >= 0.6 is 11.5 Å². The van der Waals surface area contributed by atoms with E-state index < -0.39 is 30.2 Å². The van der Waals surface area contributed by atoms with Crippen LogP contribution in [0.15, 0.2) is 24.7 Å². The summed E-state index contributed by atoms with van der Waals surface area (Å²) in [6, 6.07) is 1.37. The topological polar surface area (TPSA) is 129 Å². The summed E-state index contributed by atoms with van der Waals surface area (Å²) in [7, 11) is 0. The van der Waals surface area contributed by atoms with Crippen molar-refractivity contribution in [2.75, 3.05) is 11.9 Å². The predicted octanol–water partition coefficient (Wildman–Crippen LogP) is 3.09. The summed E-state index contributed by atoms with van der Waals surface area (Å²) < 4.78 is 36.7. The van der Waals surface area contributed by atoms with Gasteiger partial charge in [-0.1, -0.05) is 0 Å². The van der Waals surface area contributed by atoms with Gasteiger partial charge in [0.2, 0.25) is 5.88 Å². The zero-order valence-electron chi connectivity index (χ0n) is 15.7. The Balaban J connectivity index is 1.63. The number of amides is 2. The molecule has 0 atom stereocenters. The number of H-pyrrole nitrogens is 1. The van der Waals surface area contributed by atoms with Crippen LogP contribution in [-0.4, -0.2) is 38.0 Å². The minimum Gasteiger partial charge on any atom is -0.477 e. The van der Waals surface area contributed by atoms with E-state index in [0.717, 1.165) is 17.8 Å². The first-order chi connectivity index (χ1) is 14.3. The molecule has 0 unspecified atom stereocenters. The summed E-state index contributed by atoms with van der Waals surface area (Å²) in [4.78, 5) is 30.4. The Morgan fingerprint density at radius 3 is 2.80 bits per heavy atom. The molecule has 2 heterocycles. The molecule has 2 amide bonds. The summed E-state index contributed by atoms with van der Waals surface area (Å²) in [5.41, 5.74) is 0.501. The Morgan fingerprint density at radius 2 is 2.10 bits per heavy atom. The summed E-state index contributed by atoms with van der Waals surface area (Å²) >= 11 is 0.697. The number of rotatable bonds is 8. The van der Waals surface area contributed by atoms with Crippen LogP contribution in [0.5, 0.6) is 5.88 Å². The van der Waals surface area contributed by atoms with Gasteiger partial charge in [0.1, 0.15) is 23.2 Å². The third kappa shape index (κ3) is 5.08. The van der Waals surface area contributed by atoms with E-state index in [1.807, 2.05) is 0 Å². The molecular formula is C18H17F2N5O4S. The van der Waals surface area contributed by atoms with Gasteiger partial charge in [0.25, 0.3) is 0 Å². The number of aromatic amines is 1. The van der Waals surface area contributed by atoms with Crippen molar-refractivity contribution < 1.29 is 28.2 Å². The second-order valence-electron chi connectivity index (χ2n) is 6.19. The molecule has 0 aliphatic heterocycles. The first-order valence-corrected chi connectivity index (χ1v) is 9.45. The molecule has 3 rings (SSSR count). The molecule has 0 fully saturated rings. The van der Waals surface area contributed by atoms with Crippen molar-refractivity contribution in [1.29, 1.82) is 0 Å². The molecule has 12 heteroatoms. The number of ether oxygens (including phenoxy) is 1. The van der Waals surface area contributed by atoms with Crippen LogP contribution in [0.2, 0.25) is 0 Å². The van der Waals surface area contributed by atoms with Gasteiger partial charge >= 0.3 is 12.0 Å². The zero-order chi connectivity index (χ0) is 21.7. The lowest BCUT2D eigenvalue weighted by Gasteiger charge is -2.08. The van der Waals surface area contributed by atoms with Crippen LogP contribution < -0.4 is 15.4 Å². The highest BCUT2D eigenvalue weighted by molar-refractivity contribution is 7.11. The second kappa shape index (κ2) is 9.31. The number of carboxylic acids is 1. The van der Waals surface area contributed by atoms with Crippen molar-refractivity contribution in [3.05, 3.63) is 58.7 Å². The fourth-order valence-corrected chi connectivity index (χ4v) is 3.19. The number of hydrogen-bond donors (Lipinski definition) is 4. The Labute approximate surface area is 173 Å². The minimum atomic E-state index is -1.39. The Hall–Kier alpha value is -3.54. The van der Waals surface area contributed by atoms with Crippen molar-refractivity contribution in [1.82, 2.24) is 19.7 Å². The first-order valence-electron chi connectivity index (χ1n) is 8.67. The Kier molecular flexibility index (Phi) is 6.57. The highest BCUT2D eigenvalue weighted by atomic mass is 32.1. The first kappa shape index (κ1) is 21.2. The van der Waals surface area contributed by atoms with Gasteiger partial charge in [-0.05, 0) is 36.2 Å². The number of urea groups is 1. The number of nitrogens with zero attached hydrogens (tertiary/aromatic N) is 2. The van der Waals surface area contributed by atoms with Crippen molar-refractivity contribution in [3.63, 3.8) is 0 Å². The number of aromatic nitrogens is 3. The number of benzene rings is 1. The van der Waals surface area contributed by atoms with Gasteiger partial charge in [0.15, 0.2) is 5.56 Å². The minimum absolute atomic E-state index is 0.0490. The van der Waals surface area contributed by atoms with Crippen LogP contribution in [0, 0.1) is 18.6 Å². The molecule has 0 saturated heterocycles. The van der Waals surface area contributed by atoms with E-state index in [2.05, 4.69) is 25.0 Å². The van der Waals surface area contributed by atoms with Crippen LogP contribution in [0.25, 0.3) is 0 Å². The maximum absolute atomic E-state index is 13.9. The monoisotopic (exact) mass is 437 g/mol. The Bertz CT molecular complexity index is 1060. The molecule has 9 nitrogen and oxygen atoms in total. The molecular weight excluding hydrogens is 420 g/mol. The fourth-order valence-electron chi connectivity index (χ4n) is 2.47. The van der Waals surface area contributed by atoms with Crippen molar-refractivity contribution in [2.45, 2.75) is 20.0 Å². The maximum Gasteiger partial charge on any atom is 0.344 e. The lowest BCUT2D eigenvalue weighted by molar-refractivity contribution is 0.0693. The van der Waals surface area contributed by atoms with E-state index >= 15 is 0 Å². The van der Waals surface area contributed by atoms with Crippen molar-refractivity contribution in [2.24, 2.45) is 0 Å². The smallest absolute Gasteiger partial charge is 0.344 e. The van der Waals surface area contributed by atoms with Gasteiger partial charge in [0.05, 0.1) is 6.33 Å². The number of nitrogens with one attached hydrogen (secondary N) is 3. The highest BCUT2D eigenvalue weighted by Gasteiger charge is 2.24. The molecule has 0 aliphatic rings. The molecule has 2 aromatic heterocycles. The molecule has 0 spiro atoms. The quantitative estimate of drug-likeness (QED) is 0.429. The van der Waals surface area contributed by atoms with Crippen LogP contribution in [0.4, 0.5) is 18.6 Å².